The molecule has 4 heteroatoms. The second-order valence-electron chi connectivity index (χ2n) is 5.00. The van der Waals surface area contributed by atoms with Gasteiger partial charge in [-0.3, -0.25) is 4.79 Å². The molecule has 0 saturated heterocycles. The van der Waals surface area contributed by atoms with Crippen molar-refractivity contribution in [3.8, 4) is 5.75 Å². The molecule has 0 aliphatic heterocycles. The van der Waals surface area contributed by atoms with Gasteiger partial charge < -0.3 is 15.8 Å². The molecule has 1 saturated carbocycles. The van der Waals surface area contributed by atoms with Crippen LogP contribution in [-0.4, -0.2) is 19.6 Å². The smallest absolute Gasteiger partial charge is 0.255 e. The molecule has 1 aromatic rings. The lowest BCUT2D eigenvalue weighted by Crippen LogP contribution is -2.30. The third-order valence-electron chi connectivity index (χ3n) is 3.80. The molecule has 0 bridgehead atoms. The number of hydrogen-bond acceptors (Lipinski definition) is 3. The Morgan fingerprint density at radius 2 is 2.22 bits per heavy atom. The van der Waals surface area contributed by atoms with Crippen LogP contribution in [0.25, 0.3) is 0 Å². The number of amides is 1. The third kappa shape index (κ3) is 2.58. The zero-order valence-electron chi connectivity index (χ0n) is 11.0. The van der Waals surface area contributed by atoms with Gasteiger partial charge in [-0.2, -0.15) is 0 Å². The molecule has 0 spiro atoms. The number of methoxy groups -OCH3 is 1. The minimum atomic E-state index is -0.0911. The summed E-state index contributed by atoms with van der Waals surface area (Å²) in [7, 11) is 1.54. The fourth-order valence-electron chi connectivity index (χ4n) is 2.09. The number of anilines is 1. The van der Waals surface area contributed by atoms with Crippen LogP contribution in [0.2, 0.25) is 0 Å². The average Bonchev–Trinajstić information content (AvgIpc) is 3.16. The van der Waals surface area contributed by atoms with Crippen molar-refractivity contribution in [2.75, 3.05) is 19.4 Å². The SMILES string of the molecule is CCC1(CNC(=O)c2ccc(N)cc2OC)CC1. The van der Waals surface area contributed by atoms with Crippen molar-refractivity contribution in [3.05, 3.63) is 23.8 Å². The molecule has 1 aliphatic rings. The van der Waals surface area contributed by atoms with E-state index in [4.69, 9.17) is 10.5 Å². The van der Waals surface area contributed by atoms with Crippen LogP contribution in [0.4, 0.5) is 5.69 Å². The highest BCUT2D eigenvalue weighted by Crippen LogP contribution is 2.47. The van der Waals surface area contributed by atoms with Gasteiger partial charge in [0, 0.05) is 18.3 Å². The lowest BCUT2D eigenvalue weighted by atomic mass is 10.0. The van der Waals surface area contributed by atoms with Gasteiger partial charge in [-0.25, -0.2) is 0 Å². The van der Waals surface area contributed by atoms with E-state index in [0.29, 0.717) is 22.4 Å². The van der Waals surface area contributed by atoms with E-state index < -0.39 is 0 Å². The van der Waals surface area contributed by atoms with E-state index in [-0.39, 0.29) is 5.91 Å². The predicted octanol–water partition coefficient (Wildman–Crippen LogP) is 2.20. The molecule has 18 heavy (non-hydrogen) atoms. The van der Waals surface area contributed by atoms with Crippen LogP contribution in [0.15, 0.2) is 18.2 Å². The number of rotatable bonds is 5. The number of carbonyl (C=O) groups is 1. The number of ether oxygens (including phenoxy) is 1. The Morgan fingerprint density at radius 1 is 1.50 bits per heavy atom. The number of nitrogen functional groups attached to an aromatic ring is 1. The summed E-state index contributed by atoms with van der Waals surface area (Å²) < 4.78 is 5.18. The molecule has 0 atom stereocenters. The molecule has 3 N–H and O–H groups in total. The molecular weight excluding hydrogens is 228 g/mol. The molecule has 98 valence electrons. The van der Waals surface area contributed by atoms with E-state index in [1.807, 2.05) is 0 Å². The first-order chi connectivity index (χ1) is 8.60. The summed E-state index contributed by atoms with van der Waals surface area (Å²) in [6.07, 6.45) is 3.54. The fourth-order valence-corrected chi connectivity index (χ4v) is 2.09. The van der Waals surface area contributed by atoms with Crippen molar-refractivity contribution in [3.63, 3.8) is 0 Å². The van der Waals surface area contributed by atoms with Crippen LogP contribution in [0.5, 0.6) is 5.75 Å². The molecular formula is C14H20N2O2. The third-order valence-corrected chi connectivity index (χ3v) is 3.80. The lowest BCUT2D eigenvalue weighted by Gasteiger charge is -2.14. The number of carbonyl (C=O) groups excluding carboxylic acids is 1. The van der Waals surface area contributed by atoms with Crippen LogP contribution >= 0.6 is 0 Å². The first-order valence-corrected chi connectivity index (χ1v) is 6.32. The van der Waals surface area contributed by atoms with Gasteiger partial charge in [0.15, 0.2) is 0 Å². The molecule has 1 aliphatic carbocycles. The van der Waals surface area contributed by atoms with Crippen LogP contribution in [-0.2, 0) is 0 Å². The van der Waals surface area contributed by atoms with E-state index in [9.17, 15) is 4.79 Å². The molecule has 1 fully saturated rings. The molecule has 1 amide bonds. The standard InChI is InChI=1S/C14H20N2O2/c1-3-14(6-7-14)9-16-13(17)11-5-4-10(15)8-12(11)18-2/h4-5,8H,3,6-7,9,15H2,1-2H3,(H,16,17). The molecule has 0 aromatic heterocycles. The molecule has 0 unspecified atom stereocenters. The first kappa shape index (κ1) is 12.7. The topological polar surface area (TPSA) is 64.4 Å². The van der Waals surface area contributed by atoms with Crippen molar-refractivity contribution in [2.45, 2.75) is 26.2 Å². The van der Waals surface area contributed by atoms with Crippen molar-refractivity contribution in [1.82, 2.24) is 5.32 Å². The van der Waals surface area contributed by atoms with Crippen LogP contribution in [0.3, 0.4) is 0 Å². The molecule has 2 rings (SSSR count). The number of nitrogens with one attached hydrogen (secondary N) is 1. The van der Waals surface area contributed by atoms with Gasteiger partial charge in [0.05, 0.1) is 12.7 Å². The van der Waals surface area contributed by atoms with Gasteiger partial charge in [-0.15, -0.1) is 0 Å². The van der Waals surface area contributed by atoms with Crippen molar-refractivity contribution < 1.29 is 9.53 Å². The Kier molecular flexibility index (Phi) is 3.45. The van der Waals surface area contributed by atoms with E-state index in [0.717, 1.165) is 13.0 Å². The highest BCUT2D eigenvalue weighted by Gasteiger charge is 2.40. The van der Waals surface area contributed by atoms with E-state index >= 15 is 0 Å². The maximum atomic E-state index is 12.1. The quantitative estimate of drug-likeness (QED) is 0.785. The zero-order chi connectivity index (χ0) is 13.2. The summed E-state index contributed by atoms with van der Waals surface area (Å²) in [5.74, 6) is 0.431. The zero-order valence-corrected chi connectivity index (χ0v) is 11.0. The van der Waals surface area contributed by atoms with E-state index in [2.05, 4.69) is 12.2 Å². The van der Waals surface area contributed by atoms with Gasteiger partial charge in [-0.1, -0.05) is 6.92 Å². The normalized spacial score (nSPS) is 16.1. The fraction of sp³-hybridized carbons (Fsp3) is 0.500. The monoisotopic (exact) mass is 248 g/mol. The molecule has 4 nitrogen and oxygen atoms in total. The minimum Gasteiger partial charge on any atom is -0.496 e. The lowest BCUT2D eigenvalue weighted by molar-refractivity contribution is 0.0941. The Bertz CT molecular complexity index is 453. The molecule has 1 aromatic carbocycles. The summed E-state index contributed by atoms with van der Waals surface area (Å²) >= 11 is 0. The molecule has 0 radical (unpaired) electrons. The van der Waals surface area contributed by atoms with Gasteiger partial charge in [-0.05, 0) is 36.8 Å². The van der Waals surface area contributed by atoms with Gasteiger partial charge in [0.25, 0.3) is 5.91 Å². The highest BCUT2D eigenvalue weighted by atomic mass is 16.5. The summed E-state index contributed by atoms with van der Waals surface area (Å²) in [6.45, 7) is 2.92. The summed E-state index contributed by atoms with van der Waals surface area (Å²) in [5, 5.41) is 2.99. The average molecular weight is 248 g/mol. The van der Waals surface area contributed by atoms with E-state index in [1.165, 1.54) is 12.8 Å². The van der Waals surface area contributed by atoms with Gasteiger partial charge >= 0.3 is 0 Å². The molecule has 0 heterocycles. The van der Waals surface area contributed by atoms with Crippen LogP contribution in [0.1, 0.15) is 36.5 Å². The maximum Gasteiger partial charge on any atom is 0.255 e. The van der Waals surface area contributed by atoms with Gasteiger partial charge in [0.2, 0.25) is 0 Å². The Labute approximate surface area is 108 Å². The number of hydrogen-bond donors (Lipinski definition) is 2. The first-order valence-electron chi connectivity index (χ1n) is 6.32. The van der Waals surface area contributed by atoms with Crippen molar-refractivity contribution >= 4 is 11.6 Å². The van der Waals surface area contributed by atoms with E-state index in [1.54, 1.807) is 25.3 Å². The highest BCUT2D eigenvalue weighted by molar-refractivity contribution is 5.97. The van der Waals surface area contributed by atoms with Crippen molar-refractivity contribution in [2.24, 2.45) is 5.41 Å². The minimum absolute atomic E-state index is 0.0911. The van der Waals surface area contributed by atoms with Crippen LogP contribution in [0, 0.1) is 5.41 Å². The number of benzene rings is 1. The number of nitrogens with two attached hydrogens (primary N) is 1. The summed E-state index contributed by atoms with van der Waals surface area (Å²) in [5.41, 5.74) is 7.14. The maximum absolute atomic E-state index is 12.1. The Balaban J connectivity index is 2.04. The summed E-state index contributed by atoms with van der Waals surface area (Å²) in [4.78, 5) is 12.1. The summed E-state index contributed by atoms with van der Waals surface area (Å²) in [6, 6.07) is 5.08. The van der Waals surface area contributed by atoms with Gasteiger partial charge in [0.1, 0.15) is 5.75 Å². The second-order valence-corrected chi connectivity index (χ2v) is 5.00. The largest absolute Gasteiger partial charge is 0.496 e. The van der Waals surface area contributed by atoms with Crippen molar-refractivity contribution in [1.29, 1.82) is 0 Å². The second kappa shape index (κ2) is 4.88. The Hall–Kier alpha value is -1.71. The Morgan fingerprint density at radius 3 is 2.78 bits per heavy atom. The predicted molar refractivity (Wildman–Crippen MR) is 71.7 cm³/mol. The van der Waals surface area contributed by atoms with Crippen LogP contribution < -0.4 is 15.8 Å².